The van der Waals surface area contributed by atoms with Crippen LogP contribution in [-0.4, -0.2) is 12.3 Å². The maximum Gasteiger partial charge on any atom is 0.202 e. The Labute approximate surface area is 119 Å². The molecule has 94 valence electrons. The van der Waals surface area contributed by atoms with Crippen molar-refractivity contribution in [1.82, 2.24) is 0 Å². The lowest BCUT2D eigenvalue weighted by Crippen LogP contribution is -2.09. The maximum absolute atomic E-state index is 12.2. The molecule has 0 saturated carbocycles. The summed E-state index contributed by atoms with van der Waals surface area (Å²) in [6, 6.07) is 11.4. The zero-order valence-corrected chi connectivity index (χ0v) is 12.4. The zero-order chi connectivity index (χ0) is 13.1. The topological polar surface area (TPSA) is 43.1 Å². The molecule has 1 unspecified atom stereocenters. The van der Waals surface area contributed by atoms with Gasteiger partial charge < -0.3 is 5.73 Å². The summed E-state index contributed by atoms with van der Waals surface area (Å²) in [4.78, 5) is 12.9. The van der Waals surface area contributed by atoms with Crippen LogP contribution in [-0.2, 0) is 0 Å². The third kappa shape index (κ3) is 2.88. The molecule has 18 heavy (non-hydrogen) atoms. The number of carbonyl (C=O) groups is 1. The lowest BCUT2D eigenvalue weighted by atomic mass is 9.99. The fraction of sp³-hybridized carbons (Fsp3) is 0.214. The number of nitrogens with two attached hydrogens (primary N) is 1. The highest BCUT2D eigenvalue weighted by molar-refractivity contribution is 9.11. The largest absolute Gasteiger partial charge is 0.330 e. The average molecular weight is 324 g/mol. The minimum atomic E-state index is 0.0673. The monoisotopic (exact) mass is 323 g/mol. The summed E-state index contributed by atoms with van der Waals surface area (Å²) < 4.78 is 0.972. The molecule has 2 nitrogen and oxygen atoms in total. The van der Waals surface area contributed by atoms with Crippen LogP contribution in [0.15, 0.2) is 40.2 Å². The van der Waals surface area contributed by atoms with E-state index in [1.54, 1.807) is 0 Å². The highest BCUT2D eigenvalue weighted by Crippen LogP contribution is 2.25. The lowest BCUT2D eigenvalue weighted by Gasteiger charge is -2.08. The number of ketones is 1. The van der Waals surface area contributed by atoms with Crippen molar-refractivity contribution in [3.05, 3.63) is 56.2 Å². The number of halogens is 1. The molecule has 0 fully saturated rings. The second-order valence-electron chi connectivity index (χ2n) is 4.19. The molecular formula is C14H14BrNOS. The van der Waals surface area contributed by atoms with Crippen LogP contribution < -0.4 is 5.73 Å². The molecule has 0 aliphatic rings. The van der Waals surface area contributed by atoms with Gasteiger partial charge in [-0.3, -0.25) is 4.79 Å². The molecule has 4 heteroatoms. The second kappa shape index (κ2) is 5.78. The van der Waals surface area contributed by atoms with E-state index in [1.165, 1.54) is 16.9 Å². The van der Waals surface area contributed by atoms with Crippen LogP contribution in [0, 0.1) is 0 Å². The van der Waals surface area contributed by atoms with Gasteiger partial charge in [0.05, 0.1) is 8.66 Å². The smallest absolute Gasteiger partial charge is 0.202 e. The Balaban J connectivity index is 2.22. The summed E-state index contributed by atoms with van der Waals surface area (Å²) in [5.41, 5.74) is 7.51. The van der Waals surface area contributed by atoms with Crippen LogP contribution in [0.25, 0.3) is 0 Å². The maximum atomic E-state index is 12.2. The van der Waals surface area contributed by atoms with Crippen LogP contribution in [0.2, 0.25) is 0 Å². The van der Waals surface area contributed by atoms with Gasteiger partial charge in [-0.2, -0.15) is 0 Å². The van der Waals surface area contributed by atoms with Crippen molar-refractivity contribution in [2.75, 3.05) is 6.54 Å². The molecule has 0 amide bonds. The van der Waals surface area contributed by atoms with Crippen molar-refractivity contribution in [2.45, 2.75) is 12.8 Å². The highest BCUT2D eigenvalue weighted by Gasteiger charge is 2.12. The van der Waals surface area contributed by atoms with E-state index in [4.69, 9.17) is 5.73 Å². The van der Waals surface area contributed by atoms with Crippen molar-refractivity contribution in [1.29, 1.82) is 0 Å². The van der Waals surface area contributed by atoms with Gasteiger partial charge >= 0.3 is 0 Å². The second-order valence-corrected chi connectivity index (χ2v) is 6.65. The van der Waals surface area contributed by atoms with E-state index in [2.05, 4.69) is 22.9 Å². The molecule has 0 spiro atoms. The fourth-order valence-electron chi connectivity index (χ4n) is 1.68. The Morgan fingerprint density at radius 1 is 1.28 bits per heavy atom. The highest BCUT2D eigenvalue weighted by atomic mass is 79.9. The third-order valence-electron chi connectivity index (χ3n) is 2.89. The first-order chi connectivity index (χ1) is 8.61. The Morgan fingerprint density at radius 2 is 1.94 bits per heavy atom. The molecule has 0 aliphatic heterocycles. The summed E-state index contributed by atoms with van der Waals surface area (Å²) in [7, 11) is 0. The number of benzene rings is 1. The number of hydrogen-bond donors (Lipinski definition) is 1. The summed E-state index contributed by atoms with van der Waals surface area (Å²) in [6.45, 7) is 2.69. The molecule has 0 aliphatic carbocycles. The van der Waals surface area contributed by atoms with Gasteiger partial charge in [0.2, 0.25) is 5.78 Å². The van der Waals surface area contributed by atoms with E-state index < -0.39 is 0 Å². The summed E-state index contributed by atoms with van der Waals surface area (Å²) >= 11 is 4.82. The van der Waals surface area contributed by atoms with E-state index in [-0.39, 0.29) is 5.78 Å². The molecule has 0 saturated heterocycles. The van der Waals surface area contributed by atoms with Crippen molar-refractivity contribution >= 4 is 33.0 Å². The minimum Gasteiger partial charge on any atom is -0.330 e. The van der Waals surface area contributed by atoms with Gasteiger partial charge in [-0.1, -0.05) is 31.2 Å². The molecule has 2 aromatic rings. The summed E-state index contributed by atoms with van der Waals surface area (Å²) in [5.74, 6) is 0.391. The molecule has 1 atom stereocenters. The van der Waals surface area contributed by atoms with Gasteiger partial charge in [0.1, 0.15) is 0 Å². The molecule has 1 aromatic carbocycles. The Kier molecular flexibility index (Phi) is 4.32. The van der Waals surface area contributed by atoms with E-state index >= 15 is 0 Å². The van der Waals surface area contributed by atoms with E-state index in [0.717, 1.165) is 14.2 Å². The molecular weight excluding hydrogens is 310 g/mol. The Morgan fingerprint density at radius 3 is 2.44 bits per heavy atom. The lowest BCUT2D eigenvalue weighted by molar-refractivity contribution is 0.104. The predicted molar refractivity (Wildman–Crippen MR) is 79.4 cm³/mol. The van der Waals surface area contributed by atoms with Crippen molar-refractivity contribution in [3.8, 4) is 0 Å². The fourth-order valence-corrected chi connectivity index (χ4v) is 3.03. The standard InChI is InChI=1S/C14H14BrNOS/c1-9(8-16)10-2-4-11(5-3-10)14(17)12-6-7-13(15)18-12/h2-7,9H,8,16H2,1H3. The SMILES string of the molecule is CC(CN)c1ccc(C(=O)c2ccc(Br)s2)cc1. The number of rotatable bonds is 4. The zero-order valence-electron chi connectivity index (χ0n) is 10.0. The average Bonchev–Trinajstić information content (AvgIpc) is 2.84. The van der Waals surface area contributed by atoms with Gasteiger partial charge in [0.15, 0.2) is 0 Å². The van der Waals surface area contributed by atoms with Crippen LogP contribution in [0.5, 0.6) is 0 Å². The third-order valence-corrected chi connectivity index (χ3v) is 4.51. The molecule has 2 rings (SSSR count). The number of hydrogen-bond acceptors (Lipinski definition) is 3. The van der Waals surface area contributed by atoms with Crippen LogP contribution in [0.4, 0.5) is 0 Å². The predicted octanol–water partition coefficient (Wildman–Crippen LogP) is 3.80. The first-order valence-corrected chi connectivity index (χ1v) is 7.33. The Hall–Kier alpha value is -0.970. The van der Waals surface area contributed by atoms with Crippen molar-refractivity contribution < 1.29 is 4.79 Å². The van der Waals surface area contributed by atoms with Gasteiger partial charge in [0, 0.05) is 5.56 Å². The van der Waals surface area contributed by atoms with Gasteiger partial charge in [-0.15, -0.1) is 11.3 Å². The molecule has 2 N–H and O–H groups in total. The number of thiophene rings is 1. The summed E-state index contributed by atoms with van der Waals surface area (Å²) in [5, 5.41) is 0. The van der Waals surface area contributed by atoms with E-state index in [9.17, 15) is 4.79 Å². The van der Waals surface area contributed by atoms with E-state index in [0.29, 0.717) is 12.5 Å². The first kappa shape index (κ1) is 13.5. The summed E-state index contributed by atoms with van der Waals surface area (Å²) in [6.07, 6.45) is 0. The molecule has 1 heterocycles. The van der Waals surface area contributed by atoms with E-state index in [1.807, 2.05) is 36.4 Å². The van der Waals surface area contributed by atoms with Gasteiger partial charge in [-0.05, 0) is 46.1 Å². The molecule has 0 radical (unpaired) electrons. The van der Waals surface area contributed by atoms with Crippen molar-refractivity contribution in [3.63, 3.8) is 0 Å². The minimum absolute atomic E-state index is 0.0673. The van der Waals surface area contributed by atoms with Gasteiger partial charge in [-0.25, -0.2) is 0 Å². The van der Waals surface area contributed by atoms with Crippen LogP contribution in [0.1, 0.15) is 33.6 Å². The number of carbonyl (C=O) groups excluding carboxylic acids is 1. The molecule has 1 aromatic heterocycles. The van der Waals surface area contributed by atoms with Gasteiger partial charge in [0.25, 0.3) is 0 Å². The Bertz CT molecular complexity index is 547. The normalized spacial score (nSPS) is 12.4. The van der Waals surface area contributed by atoms with Crippen LogP contribution in [0.3, 0.4) is 0 Å². The first-order valence-electron chi connectivity index (χ1n) is 5.72. The quantitative estimate of drug-likeness (QED) is 0.869. The molecule has 0 bridgehead atoms. The van der Waals surface area contributed by atoms with Crippen molar-refractivity contribution in [2.24, 2.45) is 5.73 Å². The van der Waals surface area contributed by atoms with Crippen LogP contribution >= 0.6 is 27.3 Å².